The van der Waals surface area contributed by atoms with E-state index in [-0.39, 0.29) is 0 Å². The third-order valence-electron chi connectivity index (χ3n) is 5.19. The fourth-order valence-corrected chi connectivity index (χ4v) is 3.51. The molecule has 0 unspecified atom stereocenters. The lowest BCUT2D eigenvalue weighted by atomic mass is 9.93. The molecule has 0 bridgehead atoms. The topological polar surface area (TPSA) is 58.6 Å². The Balaban J connectivity index is 1.66. The Morgan fingerprint density at radius 1 is 1.15 bits per heavy atom. The van der Waals surface area contributed by atoms with E-state index in [0.29, 0.717) is 18.7 Å². The van der Waals surface area contributed by atoms with Crippen LogP contribution in [0.4, 0.5) is 0 Å². The van der Waals surface area contributed by atoms with E-state index in [4.69, 9.17) is 4.74 Å². The SMILES string of the molecule is Cc1cc(C)c(C)c(OCCc2ccc(C3=C(C(=O)O)CNCC3)cc2)c1. The molecule has 0 aliphatic carbocycles. The summed E-state index contributed by atoms with van der Waals surface area (Å²) in [6, 6.07) is 12.5. The average molecular weight is 365 g/mol. The number of carbonyl (C=O) groups is 1. The lowest BCUT2D eigenvalue weighted by molar-refractivity contribution is -0.132. The minimum atomic E-state index is -0.835. The Hall–Kier alpha value is -2.59. The number of ether oxygens (including phenoxy) is 1. The van der Waals surface area contributed by atoms with Crippen molar-refractivity contribution in [3.8, 4) is 5.75 Å². The molecule has 4 nitrogen and oxygen atoms in total. The Labute approximate surface area is 160 Å². The summed E-state index contributed by atoms with van der Waals surface area (Å²) in [6.07, 6.45) is 1.56. The van der Waals surface area contributed by atoms with Crippen LogP contribution in [0.25, 0.3) is 5.57 Å². The van der Waals surface area contributed by atoms with Gasteiger partial charge in [0, 0.05) is 13.0 Å². The molecule has 1 aliphatic heterocycles. The van der Waals surface area contributed by atoms with Crippen LogP contribution in [0.2, 0.25) is 0 Å². The summed E-state index contributed by atoms with van der Waals surface area (Å²) in [5.41, 5.74) is 7.25. The second-order valence-corrected chi connectivity index (χ2v) is 7.19. The van der Waals surface area contributed by atoms with Gasteiger partial charge in [-0.2, -0.15) is 0 Å². The summed E-state index contributed by atoms with van der Waals surface area (Å²) in [4.78, 5) is 11.4. The van der Waals surface area contributed by atoms with Gasteiger partial charge in [0.05, 0.1) is 12.2 Å². The van der Waals surface area contributed by atoms with Crippen molar-refractivity contribution >= 4 is 11.5 Å². The Kier molecular flexibility index (Phi) is 5.97. The predicted octanol–water partition coefficient (Wildman–Crippen LogP) is 4.06. The maximum absolute atomic E-state index is 11.4. The number of nitrogens with one attached hydrogen (secondary N) is 1. The van der Waals surface area contributed by atoms with Gasteiger partial charge in [0.2, 0.25) is 0 Å². The molecule has 0 aromatic heterocycles. The van der Waals surface area contributed by atoms with Gasteiger partial charge in [-0.25, -0.2) is 4.79 Å². The van der Waals surface area contributed by atoms with Gasteiger partial charge in [-0.1, -0.05) is 30.3 Å². The zero-order valence-electron chi connectivity index (χ0n) is 16.3. The van der Waals surface area contributed by atoms with E-state index >= 15 is 0 Å². The number of rotatable bonds is 6. The van der Waals surface area contributed by atoms with Crippen molar-refractivity contribution < 1.29 is 14.6 Å². The first kappa shape index (κ1) is 19.2. The molecule has 2 N–H and O–H groups in total. The summed E-state index contributed by atoms with van der Waals surface area (Å²) in [7, 11) is 0. The number of hydrogen-bond donors (Lipinski definition) is 2. The van der Waals surface area contributed by atoms with Crippen molar-refractivity contribution in [3.05, 3.63) is 69.8 Å². The first-order valence-corrected chi connectivity index (χ1v) is 9.41. The lowest BCUT2D eigenvalue weighted by Gasteiger charge is -2.19. The van der Waals surface area contributed by atoms with Crippen LogP contribution in [-0.2, 0) is 11.2 Å². The van der Waals surface area contributed by atoms with Gasteiger partial charge in [-0.3, -0.25) is 0 Å². The summed E-state index contributed by atoms with van der Waals surface area (Å²) >= 11 is 0. The van der Waals surface area contributed by atoms with Gasteiger partial charge in [-0.05, 0) is 73.2 Å². The molecule has 0 radical (unpaired) electrons. The van der Waals surface area contributed by atoms with E-state index in [1.54, 1.807) is 0 Å². The third kappa shape index (κ3) is 4.58. The van der Waals surface area contributed by atoms with Gasteiger partial charge in [-0.15, -0.1) is 0 Å². The van der Waals surface area contributed by atoms with Crippen LogP contribution in [-0.4, -0.2) is 30.8 Å². The molecule has 4 heteroatoms. The maximum Gasteiger partial charge on any atom is 0.333 e. The molecule has 0 amide bonds. The normalized spacial score (nSPS) is 14.3. The monoisotopic (exact) mass is 365 g/mol. The number of benzene rings is 2. The quantitative estimate of drug-likeness (QED) is 0.810. The molecule has 0 spiro atoms. The van der Waals surface area contributed by atoms with Gasteiger partial charge in [0.1, 0.15) is 5.75 Å². The number of aryl methyl sites for hydroxylation is 2. The van der Waals surface area contributed by atoms with Crippen LogP contribution >= 0.6 is 0 Å². The smallest absolute Gasteiger partial charge is 0.333 e. The van der Waals surface area contributed by atoms with E-state index in [2.05, 4.69) is 50.4 Å². The zero-order valence-corrected chi connectivity index (χ0v) is 16.3. The first-order valence-electron chi connectivity index (χ1n) is 9.41. The minimum absolute atomic E-state index is 0.426. The lowest BCUT2D eigenvalue weighted by Crippen LogP contribution is -2.28. The predicted molar refractivity (Wildman–Crippen MR) is 108 cm³/mol. The fraction of sp³-hybridized carbons (Fsp3) is 0.348. The molecule has 1 heterocycles. The summed E-state index contributed by atoms with van der Waals surface area (Å²) < 4.78 is 6.00. The summed E-state index contributed by atoms with van der Waals surface area (Å²) in [5, 5.41) is 12.5. The second-order valence-electron chi connectivity index (χ2n) is 7.19. The molecule has 2 aromatic carbocycles. The van der Waals surface area contributed by atoms with Crippen molar-refractivity contribution in [2.75, 3.05) is 19.7 Å². The number of hydrogen-bond acceptors (Lipinski definition) is 3. The van der Waals surface area contributed by atoms with Crippen LogP contribution in [0.3, 0.4) is 0 Å². The van der Waals surface area contributed by atoms with Crippen LogP contribution in [0, 0.1) is 20.8 Å². The highest BCUT2D eigenvalue weighted by Crippen LogP contribution is 2.26. The summed E-state index contributed by atoms with van der Waals surface area (Å²) in [5.74, 6) is 0.119. The highest BCUT2D eigenvalue weighted by atomic mass is 16.5. The van der Waals surface area contributed by atoms with Crippen LogP contribution < -0.4 is 10.1 Å². The zero-order chi connectivity index (χ0) is 19.4. The van der Waals surface area contributed by atoms with Crippen molar-refractivity contribution in [1.29, 1.82) is 0 Å². The third-order valence-corrected chi connectivity index (χ3v) is 5.19. The van der Waals surface area contributed by atoms with Gasteiger partial charge in [0.15, 0.2) is 0 Å². The minimum Gasteiger partial charge on any atom is -0.493 e. The van der Waals surface area contributed by atoms with E-state index in [1.807, 2.05) is 12.1 Å². The van der Waals surface area contributed by atoms with Crippen LogP contribution in [0.5, 0.6) is 5.75 Å². The molecular weight excluding hydrogens is 338 g/mol. The Morgan fingerprint density at radius 2 is 1.89 bits per heavy atom. The second kappa shape index (κ2) is 8.40. The van der Waals surface area contributed by atoms with Gasteiger partial charge < -0.3 is 15.2 Å². The van der Waals surface area contributed by atoms with Crippen molar-refractivity contribution in [3.63, 3.8) is 0 Å². The molecule has 3 rings (SSSR count). The Morgan fingerprint density at radius 3 is 2.59 bits per heavy atom. The average Bonchev–Trinajstić information content (AvgIpc) is 2.66. The molecular formula is C23H27NO3. The van der Waals surface area contributed by atoms with E-state index in [9.17, 15) is 9.90 Å². The summed E-state index contributed by atoms with van der Waals surface area (Å²) in [6.45, 7) is 8.14. The number of carboxylic acid groups (broad SMARTS) is 1. The van der Waals surface area contributed by atoms with Crippen LogP contribution in [0.15, 0.2) is 42.0 Å². The van der Waals surface area contributed by atoms with E-state index in [1.165, 1.54) is 22.3 Å². The molecule has 27 heavy (non-hydrogen) atoms. The fourth-order valence-electron chi connectivity index (χ4n) is 3.51. The molecule has 2 aromatic rings. The molecule has 0 fully saturated rings. The van der Waals surface area contributed by atoms with Crippen molar-refractivity contribution in [1.82, 2.24) is 5.32 Å². The number of carboxylic acids is 1. The maximum atomic E-state index is 11.4. The highest BCUT2D eigenvalue weighted by Gasteiger charge is 2.19. The number of aliphatic carboxylic acids is 1. The van der Waals surface area contributed by atoms with E-state index < -0.39 is 5.97 Å². The van der Waals surface area contributed by atoms with Crippen molar-refractivity contribution in [2.45, 2.75) is 33.6 Å². The van der Waals surface area contributed by atoms with E-state index in [0.717, 1.165) is 36.3 Å². The molecule has 0 saturated carbocycles. The molecule has 0 saturated heterocycles. The largest absolute Gasteiger partial charge is 0.493 e. The van der Waals surface area contributed by atoms with Gasteiger partial charge >= 0.3 is 5.97 Å². The standard InChI is InChI=1S/C23H27NO3/c1-15-12-16(2)17(3)22(13-15)27-11-9-18-4-6-19(7-5-18)20-8-10-24-14-21(20)23(25)26/h4-7,12-13,24H,8-11,14H2,1-3H3,(H,25,26). The Bertz CT molecular complexity index is 866. The van der Waals surface area contributed by atoms with Crippen molar-refractivity contribution in [2.24, 2.45) is 0 Å². The first-order chi connectivity index (χ1) is 13.0. The van der Waals surface area contributed by atoms with Gasteiger partial charge in [0.25, 0.3) is 0 Å². The van der Waals surface area contributed by atoms with Crippen LogP contribution in [0.1, 0.15) is 34.2 Å². The molecule has 0 atom stereocenters. The highest BCUT2D eigenvalue weighted by molar-refractivity contribution is 5.97. The molecule has 142 valence electrons. The molecule has 1 aliphatic rings.